The van der Waals surface area contributed by atoms with E-state index < -0.39 is 23.8 Å². The first-order valence-corrected chi connectivity index (χ1v) is 6.82. The number of rotatable bonds is 5. The summed E-state index contributed by atoms with van der Waals surface area (Å²) in [6.45, 7) is 3.71. The Kier molecular flexibility index (Phi) is 4.43. The molecule has 21 heavy (non-hydrogen) atoms. The molecule has 0 fully saturated rings. The molecule has 1 aliphatic rings. The van der Waals surface area contributed by atoms with Gasteiger partial charge in [0.1, 0.15) is 6.04 Å². The van der Waals surface area contributed by atoms with Crippen molar-refractivity contribution in [2.45, 2.75) is 12.5 Å². The molecule has 1 aromatic rings. The summed E-state index contributed by atoms with van der Waals surface area (Å²) in [6.07, 6.45) is 0.0850. The standard InChI is InChI=1S/C15H14ClNO4/c1-9(8-16)7-12(15(20)21-2)17-13(18)10-5-3-4-6-11(10)14(17)19/h3-6,12H,1,7-8H2,2H3/t12-/m0/s1. The van der Waals surface area contributed by atoms with Gasteiger partial charge in [0.05, 0.1) is 18.2 Å². The summed E-state index contributed by atoms with van der Waals surface area (Å²) in [5.41, 5.74) is 1.12. The third-order valence-corrected chi connectivity index (χ3v) is 3.66. The Labute approximate surface area is 127 Å². The number of amides is 2. The Morgan fingerprint density at radius 3 is 2.24 bits per heavy atom. The van der Waals surface area contributed by atoms with Crippen molar-refractivity contribution in [2.24, 2.45) is 0 Å². The van der Waals surface area contributed by atoms with Crippen LogP contribution in [0, 0.1) is 0 Å². The van der Waals surface area contributed by atoms with Crippen molar-refractivity contribution >= 4 is 29.4 Å². The van der Waals surface area contributed by atoms with Gasteiger partial charge in [0.25, 0.3) is 11.8 Å². The van der Waals surface area contributed by atoms with Crippen LogP contribution in [0.3, 0.4) is 0 Å². The summed E-state index contributed by atoms with van der Waals surface area (Å²) in [5, 5.41) is 0. The van der Waals surface area contributed by atoms with E-state index >= 15 is 0 Å². The molecule has 2 amide bonds. The highest BCUT2D eigenvalue weighted by Crippen LogP contribution is 2.27. The highest BCUT2D eigenvalue weighted by Gasteiger charge is 2.43. The molecule has 0 unspecified atom stereocenters. The van der Waals surface area contributed by atoms with Crippen LogP contribution in [0.1, 0.15) is 27.1 Å². The van der Waals surface area contributed by atoms with Gasteiger partial charge in [0.2, 0.25) is 0 Å². The molecule has 0 aromatic heterocycles. The first-order valence-electron chi connectivity index (χ1n) is 6.28. The number of esters is 1. The summed E-state index contributed by atoms with van der Waals surface area (Å²) in [4.78, 5) is 37.6. The zero-order valence-electron chi connectivity index (χ0n) is 11.5. The first kappa shape index (κ1) is 15.3. The molecule has 1 aliphatic heterocycles. The molecule has 0 saturated carbocycles. The number of hydrogen-bond acceptors (Lipinski definition) is 4. The second-order valence-corrected chi connectivity index (χ2v) is 4.92. The van der Waals surface area contributed by atoms with Crippen LogP contribution < -0.4 is 0 Å². The van der Waals surface area contributed by atoms with E-state index in [-0.39, 0.29) is 23.4 Å². The molecule has 0 spiro atoms. The minimum absolute atomic E-state index is 0.0850. The summed E-state index contributed by atoms with van der Waals surface area (Å²) in [7, 11) is 1.21. The summed E-state index contributed by atoms with van der Waals surface area (Å²) in [6, 6.07) is 5.39. The molecule has 1 aromatic carbocycles. The first-order chi connectivity index (χ1) is 10.0. The summed E-state index contributed by atoms with van der Waals surface area (Å²) < 4.78 is 4.70. The van der Waals surface area contributed by atoms with Crippen molar-refractivity contribution in [1.29, 1.82) is 0 Å². The maximum atomic E-state index is 12.4. The molecule has 5 nitrogen and oxygen atoms in total. The SMILES string of the molecule is C=C(CCl)C[C@@H](C(=O)OC)N1C(=O)c2ccccc2C1=O. The second-order valence-electron chi connectivity index (χ2n) is 4.65. The number of imide groups is 1. The molecule has 0 bridgehead atoms. The monoisotopic (exact) mass is 307 g/mol. The molecule has 0 radical (unpaired) electrons. The van der Waals surface area contributed by atoms with Crippen LogP contribution in [0.5, 0.6) is 0 Å². The summed E-state index contributed by atoms with van der Waals surface area (Å²) in [5.74, 6) is -1.55. The quantitative estimate of drug-likeness (QED) is 0.361. The van der Waals surface area contributed by atoms with Gasteiger partial charge in [-0.15, -0.1) is 11.6 Å². The van der Waals surface area contributed by atoms with E-state index in [1.54, 1.807) is 24.3 Å². The van der Waals surface area contributed by atoms with Crippen LogP contribution in [0.25, 0.3) is 0 Å². The number of hydrogen-bond donors (Lipinski definition) is 0. The lowest BCUT2D eigenvalue weighted by Gasteiger charge is -2.24. The molecule has 1 atom stereocenters. The Hall–Kier alpha value is -2.14. The number of carbonyl (C=O) groups excluding carboxylic acids is 3. The van der Waals surface area contributed by atoms with Gasteiger partial charge in [-0.05, 0) is 12.1 Å². The van der Waals surface area contributed by atoms with E-state index in [0.717, 1.165) is 4.90 Å². The highest BCUT2D eigenvalue weighted by atomic mass is 35.5. The number of nitrogens with zero attached hydrogens (tertiary/aromatic N) is 1. The molecule has 1 heterocycles. The Balaban J connectivity index is 2.38. The minimum Gasteiger partial charge on any atom is -0.467 e. The predicted octanol–water partition coefficient (Wildman–Crippen LogP) is 2.01. The normalized spacial score (nSPS) is 14.9. The Morgan fingerprint density at radius 2 is 1.81 bits per heavy atom. The number of alkyl halides is 1. The molecule has 2 rings (SSSR count). The fourth-order valence-corrected chi connectivity index (χ4v) is 2.34. The van der Waals surface area contributed by atoms with Gasteiger partial charge in [-0.25, -0.2) is 4.79 Å². The van der Waals surface area contributed by atoms with E-state index in [2.05, 4.69) is 6.58 Å². The third kappa shape index (κ3) is 2.69. The van der Waals surface area contributed by atoms with Crippen molar-refractivity contribution in [3.63, 3.8) is 0 Å². The lowest BCUT2D eigenvalue weighted by molar-refractivity contribution is -0.145. The minimum atomic E-state index is -1.05. The van der Waals surface area contributed by atoms with E-state index in [1.807, 2.05) is 0 Å². The van der Waals surface area contributed by atoms with Crippen LogP contribution in [0.15, 0.2) is 36.4 Å². The number of fused-ring (bicyclic) bond motifs is 1. The highest BCUT2D eigenvalue weighted by molar-refractivity contribution is 6.22. The molecule has 110 valence electrons. The van der Waals surface area contributed by atoms with Crippen LogP contribution in [0.4, 0.5) is 0 Å². The third-order valence-electron chi connectivity index (χ3n) is 3.28. The van der Waals surface area contributed by atoms with Crippen molar-refractivity contribution in [3.8, 4) is 0 Å². The van der Waals surface area contributed by atoms with Gasteiger partial charge >= 0.3 is 5.97 Å². The Morgan fingerprint density at radius 1 is 1.29 bits per heavy atom. The number of carbonyl (C=O) groups is 3. The molecule has 0 aliphatic carbocycles. The fourth-order valence-electron chi connectivity index (χ4n) is 2.24. The lowest BCUT2D eigenvalue weighted by Crippen LogP contribution is -2.45. The largest absolute Gasteiger partial charge is 0.467 e. The van der Waals surface area contributed by atoms with E-state index in [1.165, 1.54) is 7.11 Å². The fraction of sp³-hybridized carbons (Fsp3) is 0.267. The van der Waals surface area contributed by atoms with E-state index in [9.17, 15) is 14.4 Å². The average Bonchev–Trinajstić information content (AvgIpc) is 2.76. The smallest absolute Gasteiger partial charge is 0.329 e. The Bertz CT molecular complexity index is 591. The van der Waals surface area contributed by atoms with Crippen molar-refractivity contribution < 1.29 is 19.1 Å². The zero-order valence-corrected chi connectivity index (χ0v) is 12.2. The van der Waals surface area contributed by atoms with Crippen LogP contribution in [-0.2, 0) is 9.53 Å². The van der Waals surface area contributed by atoms with Gasteiger partial charge in [-0.3, -0.25) is 14.5 Å². The number of halogens is 1. The van der Waals surface area contributed by atoms with Crippen LogP contribution in [-0.4, -0.2) is 41.7 Å². The lowest BCUT2D eigenvalue weighted by atomic mass is 10.1. The van der Waals surface area contributed by atoms with Crippen LogP contribution >= 0.6 is 11.6 Å². The van der Waals surface area contributed by atoms with Crippen molar-refractivity contribution in [2.75, 3.05) is 13.0 Å². The van der Waals surface area contributed by atoms with Crippen molar-refractivity contribution in [1.82, 2.24) is 4.90 Å². The predicted molar refractivity (Wildman–Crippen MR) is 77.2 cm³/mol. The van der Waals surface area contributed by atoms with Gasteiger partial charge in [-0.1, -0.05) is 24.3 Å². The van der Waals surface area contributed by atoms with E-state index in [0.29, 0.717) is 5.57 Å². The van der Waals surface area contributed by atoms with Gasteiger partial charge in [-0.2, -0.15) is 0 Å². The summed E-state index contributed by atoms with van der Waals surface area (Å²) >= 11 is 5.67. The maximum Gasteiger partial charge on any atom is 0.329 e. The van der Waals surface area contributed by atoms with Gasteiger partial charge in [0, 0.05) is 12.3 Å². The molecular formula is C15H14ClNO4. The molecule has 0 N–H and O–H groups in total. The van der Waals surface area contributed by atoms with E-state index in [4.69, 9.17) is 16.3 Å². The maximum absolute atomic E-state index is 12.4. The number of methoxy groups -OCH3 is 1. The molecule has 6 heteroatoms. The average molecular weight is 308 g/mol. The number of benzene rings is 1. The molecule has 0 saturated heterocycles. The van der Waals surface area contributed by atoms with Crippen LogP contribution in [0.2, 0.25) is 0 Å². The van der Waals surface area contributed by atoms with Gasteiger partial charge < -0.3 is 4.74 Å². The topological polar surface area (TPSA) is 63.7 Å². The molecular weight excluding hydrogens is 294 g/mol. The van der Waals surface area contributed by atoms with Gasteiger partial charge in [0.15, 0.2) is 0 Å². The number of ether oxygens (including phenoxy) is 1. The van der Waals surface area contributed by atoms with Crippen molar-refractivity contribution in [3.05, 3.63) is 47.5 Å². The zero-order chi connectivity index (χ0) is 15.6. The second kappa shape index (κ2) is 6.10.